The van der Waals surface area contributed by atoms with E-state index in [1.807, 2.05) is 35.2 Å². The Morgan fingerprint density at radius 1 is 1.16 bits per heavy atom. The first-order valence-corrected chi connectivity index (χ1v) is 7.26. The maximum absolute atomic E-state index is 12.2. The van der Waals surface area contributed by atoms with Gasteiger partial charge in [0.1, 0.15) is 0 Å². The van der Waals surface area contributed by atoms with Crippen molar-refractivity contribution in [2.45, 2.75) is 32.7 Å². The van der Waals surface area contributed by atoms with Crippen molar-refractivity contribution in [3.63, 3.8) is 0 Å². The molecule has 0 bridgehead atoms. The molecule has 3 heteroatoms. The van der Waals surface area contributed by atoms with Crippen molar-refractivity contribution in [1.82, 2.24) is 9.80 Å². The van der Waals surface area contributed by atoms with E-state index in [0.717, 1.165) is 31.7 Å². The van der Waals surface area contributed by atoms with Gasteiger partial charge in [0, 0.05) is 32.2 Å². The molecule has 0 N–H and O–H groups in total. The van der Waals surface area contributed by atoms with Crippen LogP contribution in [0.2, 0.25) is 0 Å². The van der Waals surface area contributed by atoms with E-state index >= 15 is 0 Å². The van der Waals surface area contributed by atoms with Gasteiger partial charge in [-0.3, -0.25) is 9.69 Å². The highest BCUT2D eigenvalue weighted by Crippen LogP contribution is 2.10. The van der Waals surface area contributed by atoms with Crippen LogP contribution in [-0.4, -0.2) is 47.9 Å². The lowest BCUT2D eigenvalue weighted by Gasteiger charge is -2.37. The van der Waals surface area contributed by atoms with E-state index in [2.05, 4.69) is 18.7 Å². The van der Waals surface area contributed by atoms with Gasteiger partial charge in [-0.05, 0) is 18.9 Å². The van der Waals surface area contributed by atoms with Gasteiger partial charge in [-0.2, -0.15) is 0 Å². The summed E-state index contributed by atoms with van der Waals surface area (Å²) >= 11 is 0. The molecule has 0 unspecified atom stereocenters. The van der Waals surface area contributed by atoms with Crippen LogP contribution in [0, 0.1) is 0 Å². The summed E-state index contributed by atoms with van der Waals surface area (Å²) in [5.74, 6) is 0.259. The lowest BCUT2D eigenvalue weighted by Crippen LogP contribution is -2.51. The predicted octanol–water partition coefficient (Wildman–Crippen LogP) is 2.17. The van der Waals surface area contributed by atoms with Crippen molar-refractivity contribution in [2.75, 3.05) is 26.2 Å². The quantitative estimate of drug-likeness (QED) is 0.828. The Bertz CT molecular complexity index is 396. The van der Waals surface area contributed by atoms with Crippen molar-refractivity contribution in [1.29, 1.82) is 0 Å². The summed E-state index contributed by atoms with van der Waals surface area (Å²) in [5, 5.41) is 0. The Kier molecular flexibility index (Phi) is 4.97. The van der Waals surface area contributed by atoms with Crippen molar-refractivity contribution < 1.29 is 4.79 Å². The highest BCUT2D eigenvalue weighted by Gasteiger charge is 2.23. The average molecular weight is 260 g/mol. The van der Waals surface area contributed by atoms with Gasteiger partial charge in [-0.1, -0.05) is 37.3 Å². The summed E-state index contributed by atoms with van der Waals surface area (Å²) in [6.45, 7) is 8.25. The fraction of sp³-hybridized carbons (Fsp3) is 0.562. The van der Waals surface area contributed by atoms with Gasteiger partial charge in [0.05, 0.1) is 6.42 Å². The number of hydrogen-bond donors (Lipinski definition) is 0. The van der Waals surface area contributed by atoms with Crippen molar-refractivity contribution in [2.24, 2.45) is 0 Å². The number of benzene rings is 1. The van der Waals surface area contributed by atoms with Gasteiger partial charge >= 0.3 is 0 Å². The lowest BCUT2D eigenvalue weighted by atomic mass is 10.1. The molecule has 0 aromatic heterocycles. The first kappa shape index (κ1) is 14.1. The number of amides is 1. The third-order valence-corrected chi connectivity index (χ3v) is 4.08. The average Bonchev–Trinajstić information content (AvgIpc) is 2.47. The molecule has 2 rings (SSSR count). The van der Waals surface area contributed by atoms with Crippen LogP contribution in [0.15, 0.2) is 30.3 Å². The van der Waals surface area contributed by atoms with Gasteiger partial charge in [0.15, 0.2) is 0 Å². The number of hydrogen-bond acceptors (Lipinski definition) is 2. The van der Waals surface area contributed by atoms with Crippen LogP contribution in [0.3, 0.4) is 0 Å². The van der Waals surface area contributed by atoms with Crippen molar-refractivity contribution in [3.05, 3.63) is 35.9 Å². The Hall–Kier alpha value is -1.35. The Labute approximate surface area is 116 Å². The summed E-state index contributed by atoms with van der Waals surface area (Å²) in [7, 11) is 0. The molecule has 1 aliphatic heterocycles. The smallest absolute Gasteiger partial charge is 0.227 e. The third kappa shape index (κ3) is 3.80. The predicted molar refractivity (Wildman–Crippen MR) is 78.1 cm³/mol. The molecule has 0 saturated carbocycles. The molecule has 1 aromatic carbocycles. The number of rotatable bonds is 4. The normalized spacial score (nSPS) is 18.3. The van der Waals surface area contributed by atoms with Gasteiger partial charge < -0.3 is 4.90 Å². The molecule has 1 aliphatic rings. The van der Waals surface area contributed by atoms with E-state index in [-0.39, 0.29) is 5.91 Å². The molecule has 1 amide bonds. The molecule has 0 aliphatic carbocycles. The second kappa shape index (κ2) is 6.71. The second-order valence-corrected chi connectivity index (χ2v) is 5.34. The number of nitrogens with zero attached hydrogens (tertiary/aromatic N) is 2. The van der Waals surface area contributed by atoms with Gasteiger partial charge in [-0.25, -0.2) is 0 Å². The molecule has 1 saturated heterocycles. The SMILES string of the molecule is CC[C@@H](C)N1CCN(C(=O)Cc2ccccc2)CC1. The van der Waals surface area contributed by atoms with Crippen LogP contribution in [-0.2, 0) is 11.2 Å². The van der Waals surface area contributed by atoms with Crippen LogP contribution >= 0.6 is 0 Å². The number of carbonyl (C=O) groups is 1. The van der Waals surface area contributed by atoms with E-state index in [0.29, 0.717) is 12.5 Å². The maximum atomic E-state index is 12.2. The number of piperazine rings is 1. The van der Waals surface area contributed by atoms with Gasteiger partial charge in [-0.15, -0.1) is 0 Å². The molecule has 0 radical (unpaired) electrons. The molecule has 1 heterocycles. The minimum absolute atomic E-state index is 0.259. The zero-order valence-corrected chi connectivity index (χ0v) is 12.0. The highest BCUT2D eigenvalue weighted by atomic mass is 16.2. The molecule has 19 heavy (non-hydrogen) atoms. The van der Waals surface area contributed by atoms with E-state index in [1.54, 1.807) is 0 Å². The second-order valence-electron chi connectivity index (χ2n) is 5.34. The molecule has 3 nitrogen and oxygen atoms in total. The Morgan fingerprint density at radius 3 is 2.37 bits per heavy atom. The zero-order valence-electron chi connectivity index (χ0n) is 12.0. The van der Waals surface area contributed by atoms with Crippen LogP contribution in [0.1, 0.15) is 25.8 Å². The van der Waals surface area contributed by atoms with Crippen molar-refractivity contribution in [3.8, 4) is 0 Å². The van der Waals surface area contributed by atoms with Crippen molar-refractivity contribution >= 4 is 5.91 Å². The molecule has 104 valence electrons. The fourth-order valence-corrected chi connectivity index (χ4v) is 2.55. The summed E-state index contributed by atoms with van der Waals surface area (Å²) < 4.78 is 0. The van der Waals surface area contributed by atoms with Crippen LogP contribution < -0.4 is 0 Å². The minimum atomic E-state index is 0.259. The first-order chi connectivity index (χ1) is 9.20. The molecule has 1 aromatic rings. The summed E-state index contributed by atoms with van der Waals surface area (Å²) in [4.78, 5) is 16.7. The monoisotopic (exact) mass is 260 g/mol. The zero-order chi connectivity index (χ0) is 13.7. The standard InChI is InChI=1S/C16H24N2O/c1-3-14(2)17-9-11-18(12-10-17)16(19)13-15-7-5-4-6-8-15/h4-8,14H,3,9-13H2,1-2H3/t14-/m1/s1. The molecular weight excluding hydrogens is 236 g/mol. The first-order valence-electron chi connectivity index (χ1n) is 7.26. The molecular formula is C16H24N2O. The van der Waals surface area contributed by atoms with E-state index < -0.39 is 0 Å². The third-order valence-electron chi connectivity index (χ3n) is 4.08. The number of carbonyl (C=O) groups excluding carboxylic acids is 1. The van der Waals surface area contributed by atoms with Crippen LogP contribution in [0.25, 0.3) is 0 Å². The lowest BCUT2D eigenvalue weighted by molar-refractivity contribution is -0.132. The highest BCUT2D eigenvalue weighted by molar-refractivity contribution is 5.78. The maximum Gasteiger partial charge on any atom is 0.227 e. The van der Waals surface area contributed by atoms with E-state index in [1.165, 1.54) is 6.42 Å². The van der Waals surface area contributed by atoms with Crippen LogP contribution in [0.5, 0.6) is 0 Å². The Morgan fingerprint density at radius 2 is 1.79 bits per heavy atom. The summed E-state index contributed by atoms with van der Waals surface area (Å²) in [6, 6.07) is 10.6. The summed E-state index contributed by atoms with van der Waals surface area (Å²) in [6.07, 6.45) is 1.71. The van der Waals surface area contributed by atoms with E-state index in [4.69, 9.17) is 0 Å². The Balaban J connectivity index is 1.83. The molecule has 1 fully saturated rings. The minimum Gasteiger partial charge on any atom is -0.340 e. The van der Waals surface area contributed by atoms with E-state index in [9.17, 15) is 4.79 Å². The molecule has 1 atom stereocenters. The fourth-order valence-electron chi connectivity index (χ4n) is 2.55. The van der Waals surface area contributed by atoms with Gasteiger partial charge in [0.25, 0.3) is 0 Å². The topological polar surface area (TPSA) is 23.6 Å². The molecule has 0 spiro atoms. The largest absolute Gasteiger partial charge is 0.340 e. The summed E-state index contributed by atoms with van der Waals surface area (Å²) in [5.41, 5.74) is 1.11. The van der Waals surface area contributed by atoms with Gasteiger partial charge in [0.2, 0.25) is 5.91 Å². The van der Waals surface area contributed by atoms with Crippen LogP contribution in [0.4, 0.5) is 0 Å².